The Bertz CT molecular complexity index is 381. The first-order chi connectivity index (χ1) is 7.84. The number of benzene rings is 1. The van der Waals surface area contributed by atoms with Gasteiger partial charge in [-0.2, -0.15) is 0 Å². The normalized spacial score (nSPS) is 11.8. The van der Waals surface area contributed by atoms with E-state index in [1.54, 1.807) is 0 Å². The van der Waals surface area contributed by atoms with Crippen molar-refractivity contribution in [2.24, 2.45) is 0 Å². The summed E-state index contributed by atoms with van der Waals surface area (Å²) in [5.74, 6) is 1.21. The van der Waals surface area contributed by atoms with Crippen molar-refractivity contribution in [2.45, 2.75) is 46.1 Å². The molecule has 1 N–H and O–H groups in total. The van der Waals surface area contributed by atoms with Gasteiger partial charge in [-0.3, -0.25) is 0 Å². The van der Waals surface area contributed by atoms with Crippen LogP contribution in [0.25, 0.3) is 0 Å². The number of hydrogen-bond acceptors (Lipinski definition) is 2. The van der Waals surface area contributed by atoms with E-state index in [1.165, 1.54) is 5.56 Å². The highest BCUT2D eigenvalue weighted by molar-refractivity contribution is 5.48. The molecule has 2 heteroatoms. The molecule has 0 aliphatic heterocycles. The molecule has 0 atom stereocenters. The number of rotatable bonds is 4. The van der Waals surface area contributed by atoms with Crippen LogP contribution in [0.5, 0.6) is 5.75 Å². The average molecular weight is 235 g/mol. The van der Waals surface area contributed by atoms with Gasteiger partial charge in [-0.25, -0.2) is 0 Å². The molecule has 0 radical (unpaired) electrons. The maximum Gasteiger partial charge on any atom is 0.122 e. The maximum absolute atomic E-state index is 10.4. The summed E-state index contributed by atoms with van der Waals surface area (Å²) < 4.78 is 0. The fourth-order valence-electron chi connectivity index (χ4n) is 2.26. The molecule has 0 heterocycles. The SMILES string of the molecule is CC(C)c1ccc(CN(C)C)c(C(C)C)c1O. The third kappa shape index (κ3) is 3.22. The Kier molecular flexibility index (Phi) is 4.58. The fourth-order valence-corrected chi connectivity index (χ4v) is 2.26. The van der Waals surface area contributed by atoms with Crippen molar-refractivity contribution in [2.75, 3.05) is 14.1 Å². The molecule has 0 aromatic heterocycles. The largest absolute Gasteiger partial charge is 0.507 e. The first-order valence-corrected chi connectivity index (χ1v) is 6.34. The monoisotopic (exact) mass is 235 g/mol. The Morgan fingerprint density at radius 1 is 1.06 bits per heavy atom. The second kappa shape index (κ2) is 5.54. The van der Waals surface area contributed by atoms with Gasteiger partial charge >= 0.3 is 0 Å². The smallest absolute Gasteiger partial charge is 0.122 e. The molecule has 0 aliphatic carbocycles. The van der Waals surface area contributed by atoms with Crippen LogP contribution in [-0.2, 0) is 6.54 Å². The van der Waals surface area contributed by atoms with Crippen molar-refractivity contribution >= 4 is 0 Å². The van der Waals surface area contributed by atoms with Crippen LogP contribution in [-0.4, -0.2) is 24.1 Å². The lowest BCUT2D eigenvalue weighted by molar-refractivity contribution is 0.395. The molecule has 0 aliphatic rings. The van der Waals surface area contributed by atoms with Gasteiger partial charge in [0.2, 0.25) is 0 Å². The molecular weight excluding hydrogens is 210 g/mol. The van der Waals surface area contributed by atoms with Crippen LogP contribution in [0.4, 0.5) is 0 Å². The van der Waals surface area contributed by atoms with Crippen molar-refractivity contribution < 1.29 is 5.11 Å². The molecule has 0 bridgehead atoms. The van der Waals surface area contributed by atoms with Crippen LogP contribution in [0, 0.1) is 0 Å². The standard InChI is InChI=1S/C15H25NO/c1-10(2)13-8-7-12(9-16(5)6)14(11(3)4)15(13)17/h7-8,10-11,17H,9H2,1-6H3. The van der Waals surface area contributed by atoms with Crippen molar-refractivity contribution in [3.8, 4) is 5.75 Å². The van der Waals surface area contributed by atoms with Gasteiger partial charge in [0.05, 0.1) is 0 Å². The van der Waals surface area contributed by atoms with Gasteiger partial charge < -0.3 is 10.0 Å². The number of phenolic OH excluding ortho intramolecular Hbond substituents is 1. The summed E-state index contributed by atoms with van der Waals surface area (Å²) in [6, 6.07) is 4.22. The van der Waals surface area contributed by atoms with Gasteiger partial charge in [0, 0.05) is 12.1 Å². The molecule has 1 rings (SSSR count). The van der Waals surface area contributed by atoms with E-state index < -0.39 is 0 Å². The minimum atomic E-state index is 0.351. The molecule has 0 amide bonds. The van der Waals surface area contributed by atoms with Gasteiger partial charge in [0.25, 0.3) is 0 Å². The van der Waals surface area contributed by atoms with Crippen LogP contribution in [0.1, 0.15) is 56.2 Å². The lowest BCUT2D eigenvalue weighted by Crippen LogP contribution is -2.13. The van der Waals surface area contributed by atoms with Crippen molar-refractivity contribution in [3.05, 3.63) is 28.8 Å². The van der Waals surface area contributed by atoms with Crippen LogP contribution >= 0.6 is 0 Å². The maximum atomic E-state index is 10.4. The zero-order valence-electron chi connectivity index (χ0n) is 11.9. The summed E-state index contributed by atoms with van der Waals surface area (Å²) in [4.78, 5) is 2.13. The summed E-state index contributed by atoms with van der Waals surface area (Å²) in [5, 5.41) is 10.4. The third-order valence-electron chi connectivity index (χ3n) is 3.02. The Morgan fingerprint density at radius 3 is 2.06 bits per heavy atom. The van der Waals surface area contributed by atoms with Crippen LogP contribution < -0.4 is 0 Å². The predicted molar refractivity (Wildman–Crippen MR) is 73.7 cm³/mol. The highest BCUT2D eigenvalue weighted by Gasteiger charge is 2.17. The molecular formula is C15H25NO. The zero-order valence-corrected chi connectivity index (χ0v) is 11.9. The molecule has 96 valence electrons. The number of aromatic hydroxyl groups is 1. The quantitative estimate of drug-likeness (QED) is 0.860. The number of hydrogen-bond donors (Lipinski definition) is 1. The Labute approximate surface area is 105 Å². The van der Waals surface area contributed by atoms with Crippen LogP contribution in [0.15, 0.2) is 12.1 Å². The highest BCUT2D eigenvalue weighted by Crippen LogP contribution is 2.36. The molecule has 0 saturated carbocycles. The van der Waals surface area contributed by atoms with Crippen LogP contribution in [0.2, 0.25) is 0 Å². The Balaban J connectivity index is 3.29. The molecule has 0 fully saturated rings. The molecule has 2 nitrogen and oxygen atoms in total. The summed E-state index contributed by atoms with van der Waals surface area (Å²) in [7, 11) is 4.11. The molecule has 0 saturated heterocycles. The predicted octanol–water partition coefficient (Wildman–Crippen LogP) is 3.70. The fraction of sp³-hybridized carbons (Fsp3) is 0.600. The second-order valence-corrected chi connectivity index (χ2v) is 5.62. The second-order valence-electron chi connectivity index (χ2n) is 5.62. The van der Waals surface area contributed by atoms with E-state index in [0.717, 1.165) is 17.7 Å². The topological polar surface area (TPSA) is 23.5 Å². The first-order valence-electron chi connectivity index (χ1n) is 6.34. The van der Waals surface area contributed by atoms with E-state index in [9.17, 15) is 5.11 Å². The number of nitrogens with zero attached hydrogens (tertiary/aromatic N) is 1. The van der Waals surface area contributed by atoms with E-state index in [-0.39, 0.29) is 0 Å². The van der Waals surface area contributed by atoms with Gasteiger partial charge in [0.1, 0.15) is 5.75 Å². The lowest BCUT2D eigenvalue weighted by Gasteiger charge is -2.21. The lowest BCUT2D eigenvalue weighted by atomic mass is 9.90. The van der Waals surface area contributed by atoms with Crippen molar-refractivity contribution in [1.82, 2.24) is 4.90 Å². The highest BCUT2D eigenvalue weighted by atomic mass is 16.3. The van der Waals surface area contributed by atoms with E-state index in [2.05, 4.69) is 58.8 Å². The third-order valence-corrected chi connectivity index (χ3v) is 3.02. The molecule has 1 aromatic carbocycles. The Morgan fingerprint density at radius 2 is 1.65 bits per heavy atom. The molecule has 17 heavy (non-hydrogen) atoms. The van der Waals surface area contributed by atoms with Gasteiger partial charge in [-0.15, -0.1) is 0 Å². The number of phenols is 1. The van der Waals surface area contributed by atoms with Crippen LogP contribution in [0.3, 0.4) is 0 Å². The molecule has 0 spiro atoms. The summed E-state index contributed by atoms with van der Waals surface area (Å²) >= 11 is 0. The minimum absolute atomic E-state index is 0.351. The van der Waals surface area contributed by atoms with Gasteiger partial charge in [-0.05, 0) is 37.1 Å². The van der Waals surface area contributed by atoms with Gasteiger partial charge in [0.15, 0.2) is 0 Å². The van der Waals surface area contributed by atoms with Crippen molar-refractivity contribution in [3.63, 3.8) is 0 Å². The van der Waals surface area contributed by atoms with Gasteiger partial charge in [-0.1, -0.05) is 39.8 Å². The van der Waals surface area contributed by atoms with E-state index in [4.69, 9.17) is 0 Å². The minimum Gasteiger partial charge on any atom is -0.507 e. The molecule has 0 unspecified atom stereocenters. The summed E-state index contributed by atoms with van der Waals surface area (Å²) in [6.45, 7) is 9.38. The van der Waals surface area contributed by atoms with E-state index in [1.807, 2.05) is 0 Å². The first kappa shape index (κ1) is 14.0. The zero-order chi connectivity index (χ0) is 13.2. The van der Waals surface area contributed by atoms with Crippen molar-refractivity contribution in [1.29, 1.82) is 0 Å². The van der Waals surface area contributed by atoms with E-state index >= 15 is 0 Å². The summed E-state index contributed by atoms with van der Waals surface area (Å²) in [6.07, 6.45) is 0. The average Bonchev–Trinajstić information content (AvgIpc) is 2.15. The Hall–Kier alpha value is -1.02. The molecule has 1 aromatic rings. The summed E-state index contributed by atoms with van der Waals surface area (Å²) in [5.41, 5.74) is 3.38. The van der Waals surface area contributed by atoms with E-state index in [0.29, 0.717) is 17.6 Å².